The van der Waals surface area contributed by atoms with E-state index in [1.807, 2.05) is 0 Å². The Balaban J connectivity index is 1.89. The summed E-state index contributed by atoms with van der Waals surface area (Å²) in [5.74, 6) is 0.283. The fourth-order valence-electron chi connectivity index (χ4n) is 2.04. The predicted molar refractivity (Wildman–Crippen MR) is 96.6 cm³/mol. The highest BCUT2D eigenvalue weighted by atomic mass is 35.5. The van der Waals surface area contributed by atoms with E-state index < -0.39 is 10.0 Å². The molecule has 0 atom stereocenters. The van der Waals surface area contributed by atoms with Crippen molar-refractivity contribution in [3.05, 3.63) is 59.1 Å². The fraction of sp³-hybridized carbons (Fsp3) is 0.235. The Labute approximate surface area is 152 Å². The van der Waals surface area contributed by atoms with Crippen molar-refractivity contribution in [2.75, 3.05) is 19.7 Å². The summed E-state index contributed by atoms with van der Waals surface area (Å²) in [5.41, 5.74) is 0.269. The van der Waals surface area contributed by atoms with E-state index in [0.717, 1.165) is 0 Å². The van der Waals surface area contributed by atoms with Crippen LogP contribution in [0.15, 0.2) is 53.4 Å². The van der Waals surface area contributed by atoms with E-state index in [1.165, 1.54) is 18.2 Å². The molecular weight excluding hydrogens is 364 g/mol. The quantitative estimate of drug-likeness (QED) is 0.687. The van der Waals surface area contributed by atoms with E-state index in [1.54, 1.807) is 37.3 Å². The zero-order chi connectivity index (χ0) is 18.3. The number of sulfonamides is 1. The average molecular weight is 383 g/mol. The van der Waals surface area contributed by atoms with Gasteiger partial charge in [0.25, 0.3) is 5.91 Å². The molecule has 0 aliphatic heterocycles. The topological polar surface area (TPSA) is 84.5 Å². The van der Waals surface area contributed by atoms with Crippen molar-refractivity contribution < 1.29 is 17.9 Å². The van der Waals surface area contributed by atoms with Crippen molar-refractivity contribution in [1.82, 2.24) is 10.0 Å². The zero-order valence-corrected chi connectivity index (χ0v) is 15.2. The van der Waals surface area contributed by atoms with Gasteiger partial charge in [0, 0.05) is 17.1 Å². The first kappa shape index (κ1) is 19.2. The molecule has 25 heavy (non-hydrogen) atoms. The van der Waals surface area contributed by atoms with Crippen molar-refractivity contribution in [2.45, 2.75) is 11.8 Å². The SMILES string of the molecule is CCNS(=O)(=O)c1cccc(C(=O)NCCOc2ccc(Cl)cc2)c1. The number of rotatable bonds is 8. The molecule has 134 valence electrons. The Morgan fingerprint density at radius 3 is 2.56 bits per heavy atom. The van der Waals surface area contributed by atoms with Crippen LogP contribution in [0, 0.1) is 0 Å². The molecule has 0 spiro atoms. The third-order valence-electron chi connectivity index (χ3n) is 3.21. The molecule has 0 saturated heterocycles. The minimum Gasteiger partial charge on any atom is -0.492 e. The largest absolute Gasteiger partial charge is 0.492 e. The van der Waals surface area contributed by atoms with Crippen molar-refractivity contribution in [3.63, 3.8) is 0 Å². The second-order valence-electron chi connectivity index (χ2n) is 5.09. The average Bonchev–Trinajstić information content (AvgIpc) is 2.60. The van der Waals surface area contributed by atoms with Crippen molar-refractivity contribution in [3.8, 4) is 5.75 Å². The first-order chi connectivity index (χ1) is 11.9. The highest BCUT2D eigenvalue weighted by molar-refractivity contribution is 7.89. The third kappa shape index (κ3) is 5.74. The van der Waals surface area contributed by atoms with Gasteiger partial charge in [-0.2, -0.15) is 0 Å². The molecule has 0 aliphatic carbocycles. The Kier molecular flexibility index (Phi) is 6.81. The summed E-state index contributed by atoms with van der Waals surface area (Å²) >= 11 is 5.79. The van der Waals surface area contributed by atoms with Crippen molar-refractivity contribution in [1.29, 1.82) is 0 Å². The van der Waals surface area contributed by atoms with E-state index >= 15 is 0 Å². The van der Waals surface area contributed by atoms with E-state index in [-0.39, 0.29) is 36.1 Å². The lowest BCUT2D eigenvalue weighted by Crippen LogP contribution is -2.28. The molecule has 2 N–H and O–H groups in total. The molecule has 2 rings (SSSR count). The van der Waals surface area contributed by atoms with Crippen LogP contribution in [0.1, 0.15) is 17.3 Å². The van der Waals surface area contributed by atoms with Gasteiger partial charge in [0.1, 0.15) is 12.4 Å². The summed E-state index contributed by atoms with van der Waals surface area (Å²) in [6, 6.07) is 12.8. The molecular formula is C17H19ClN2O4S. The summed E-state index contributed by atoms with van der Waals surface area (Å²) in [6.45, 7) is 2.53. The molecule has 0 heterocycles. The summed E-state index contributed by atoms with van der Waals surface area (Å²) in [6.07, 6.45) is 0. The van der Waals surface area contributed by atoms with Crippen LogP contribution in [0.25, 0.3) is 0 Å². The number of hydrogen-bond donors (Lipinski definition) is 2. The van der Waals surface area contributed by atoms with E-state index in [2.05, 4.69) is 10.0 Å². The second-order valence-corrected chi connectivity index (χ2v) is 7.29. The van der Waals surface area contributed by atoms with Gasteiger partial charge in [-0.3, -0.25) is 4.79 Å². The lowest BCUT2D eigenvalue weighted by atomic mass is 10.2. The maximum Gasteiger partial charge on any atom is 0.251 e. The highest BCUT2D eigenvalue weighted by Gasteiger charge is 2.15. The molecule has 0 fully saturated rings. The van der Waals surface area contributed by atoms with Crippen LogP contribution < -0.4 is 14.8 Å². The van der Waals surface area contributed by atoms with Crippen molar-refractivity contribution in [2.24, 2.45) is 0 Å². The summed E-state index contributed by atoms with van der Waals surface area (Å²) in [4.78, 5) is 12.2. The number of hydrogen-bond acceptors (Lipinski definition) is 4. The van der Waals surface area contributed by atoms with Gasteiger partial charge in [-0.15, -0.1) is 0 Å². The van der Waals surface area contributed by atoms with Crippen LogP contribution in [0.3, 0.4) is 0 Å². The predicted octanol–water partition coefficient (Wildman–Crippen LogP) is 2.45. The smallest absolute Gasteiger partial charge is 0.251 e. The van der Waals surface area contributed by atoms with Crippen molar-refractivity contribution >= 4 is 27.5 Å². The second kappa shape index (κ2) is 8.84. The van der Waals surface area contributed by atoms with E-state index in [9.17, 15) is 13.2 Å². The minimum absolute atomic E-state index is 0.0550. The number of benzene rings is 2. The molecule has 0 aromatic heterocycles. The van der Waals surface area contributed by atoms with Crippen LogP contribution in [0.4, 0.5) is 0 Å². The first-order valence-corrected chi connectivity index (χ1v) is 9.55. The highest BCUT2D eigenvalue weighted by Crippen LogP contribution is 2.15. The van der Waals surface area contributed by atoms with E-state index in [0.29, 0.717) is 10.8 Å². The van der Waals surface area contributed by atoms with Gasteiger partial charge in [-0.25, -0.2) is 13.1 Å². The molecule has 8 heteroatoms. The molecule has 0 bridgehead atoms. The number of carbonyl (C=O) groups excluding carboxylic acids is 1. The Hall–Kier alpha value is -2.09. The number of nitrogens with one attached hydrogen (secondary N) is 2. The summed E-state index contributed by atoms with van der Waals surface area (Å²) in [7, 11) is -3.60. The first-order valence-electron chi connectivity index (χ1n) is 7.68. The van der Waals surface area contributed by atoms with Gasteiger partial charge in [-0.1, -0.05) is 24.6 Å². The fourth-order valence-corrected chi connectivity index (χ4v) is 3.26. The molecule has 1 amide bonds. The minimum atomic E-state index is -3.60. The van der Waals surface area contributed by atoms with Gasteiger partial charge in [0.2, 0.25) is 10.0 Å². The molecule has 2 aromatic rings. The molecule has 6 nitrogen and oxygen atoms in total. The normalized spacial score (nSPS) is 11.1. The Morgan fingerprint density at radius 1 is 1.16 bits per heavy atom. The maximum absolute atomic E-state index is 12.1. The van der Waals surface area contributed by atoms with Gasteiger partial charge in [-0.05, 0) is 42.5 Å². The van der Waals surface area contributed by atoms with Gasteiger partial charge < -0.3 is 10.1 Å². The molecule has 0 unspecified atom stereocenters. The molecule has 2 aromatic carbocycles. The zero-order valence-electron chi connectivity index (χ0n) is 13.7. The molecule has 0 radical (unpaired) electrons. The van der Waals surface area contributed by atoms with Crippen LogP contribution in [0.5, 0.6) is 5.75 Å². The number of amides is 1. The van der Waals surface area contributed by atoms with Gasteiger partial charge in [0.05, 0.1) is 11.4 Å². The number of halogens is 1. The standard InChI is InChI=1S/C17H19ClN2O4S/c1-2-20-25(22,23)16-5-3-4-13(12-16)17(21)19-10-11-24-15-8-6-14(18)7-9-15/h3-9,12,20H,2,10-11H2,1H3,(H,19,21). The lowest BCUT2D eigenvalue weighted by molar-refractivity contribution is 0.0947. The Bertz CT molecular complexity index is 823. The number of carbonyl (C=O) groups is 1. The van der Waals surface area contributed by atoms with E-state index in [4.69, 9.17) is 16.3 Å². The monoisotopic (exact) mass is 382 g/mol. The molecule has 0 saturated carbocycles. The van der Waals surface area contributed by atoms with Gasteiger partial charge >= 0.3 is 0 Å². The third-order valence-corrected chi connectivity index (χ3v) is 5.01. The van der Waals surface area contributed by atoms with Crippen LogP contribution in [-0.2, 0) is 10.0 Å². The summed E-state index contributed by atoms with van der Waals surface area (Å²) in [5, 5.41) is 3.30. The van der Waals surface area contributed by atoms with Gasteiger partial charge in [0.15, 0.2) is 0 Å². The molecule has 0 aliphatic rings. The maximum atomic E-state index is 12.1. The van der Waals surface area contributed by atoms with Crippen LogP contribution in [0.2, 0.25) is 5.02 Å². The lowest BCUT2D eigenvalue weighted by Gasteiger charge is -2.09. The summed E-state index contributed by atoms with van der Waals surface area (Å²) < 4.78 is 31.8. The van der Waals surface area contributed by atoms with Crippen LogP contribution in [-0.4, -0.2) is 34.0 Å². The Morgan fingerprint density at radius 2 is 1.88 bits per heavy atom. The van der Waals surface area contributed by atoms with Crippen LogP contribution >= 0.6 is 11.6 Å². The number of ether oxygens (including phenoxy) is 1.